The Bertz CT molecular complexity index is 525. The molecule has 0 aliphatic carbocycles. The highest BCUT2D eigenvalue weighted by atomic mass is 35.5. The van der Waals surface area contributed by atoms with Crippen LogP contribution in [0.15, 0.2) is 42.5 Å². The highest BCUT2D eigenvalue weighted by Crippen LogP contribution is 2.25. The molecule has 2 aromatic carbocycles. The summed E-state index contributed by atoms with van der Waals surface area (Å²) in [4.78, 5) is 0. The Morgan fingerprint density at radius 2 is 1.53 bits per heavy atom. The van der Waals surface area contributed by atoms with Gasteiger partial charge in [-0.05, 0) is 35.4 Å². The Kier molecular flexibility index (Phi) is 3.41. The molecule has 0 unspecified atom stereocenters. The quantitative estimate of drug-likeness (QED) is 0.866. The minimum atomic E-state index is -0.950. The van der Waals surface area contributed by atoms with Crippen LogP contribution in [0.4, 0.5) is 8.78 Å². The number of hydrogen-bond donors (Lipinski definition) is 1. The van der Waals surface area contributed by atoms with Gasteiger partial charge in [-0.15, -0.1) is 0 Å². The van der Waals surface area contributed by atoms with Crippen molar-refractivity contribution in [2.75, 3.05) is 0 Å². The first-order valence-corrected chi connectivity index (χ1v) is 5.34. The van der Waals surface area contributed by atoms with E-state index in [-0.39, 0.29) is 10.8 Å². The maximum Gasteiger partial charge on any atom is 0.141 e. The summed E-state index contributed by atoms with van der Waals surface area (Å²) in [5.74, 6) is -0.917. The van der Waals surface area contributed by atoms with E-state index in [0.717, 1.165) is 0 Å². The topological polar surface area (TPSA) is 20.2 Å². The van der Waals surface area contributed by atoms with E-state index in [1.54, 1.807) is 0 Å². The molecule has 17 heavy (non-hydrogen) atoms. The second-order valence-electron chi connectivity index (χ2n) is 3.63. The summed E-state index contributed by atoms with van der Waals surface area (Å²) in [6.07, 6.45) is -0.950. The minimum absolute atomic E-state index is 0.0522. The van der Waals surface area contributed by atoms with Crippen molar-refractivity contribution in [2.24, 2.45) is 0 Å². The van der Waals surface area contributed by atoms with Gasteiger partial charge in [0.2, 0.25) is 0 Å². The molecule has 0 radical (unpaired) electrons. The molecular weight excluding hydrogens is 246 g/mol. The van der Waals surface area contributed by atoms with E-state index < -0.39 is 11.9 Å². The zero-order valence-electron chi connectivity index (χ0n) is 8.70. The number of halogens is 3. The molecule has 0 spiro atoms. The van der Waals surface area contributed by atoms with Gasteiger partial charge in [0.15, 0.2) is 0 Å². The Morgan fingerprint density at radius 3 is 2.12 bits per heavy atom. The molecule has 0 saturated heterocycles. The lowest BCUT2D eigenvalue weighted by Crippen LogP contribution is -2.00. The van der Waals surface area contributed by atoms with Gasteiger partial charge in [-0.25, -0.2) is 8.78 Å². The van der Waals surface area contributed by atoms with Gasteiger partial charge in [-0.2, -0.15) is 0 Å². The van der Waals surface area contributed by atoms with Crippen LogP contribution in [0.2, 0.25) is 5.02 Å². The van der Waals surface area contributed by atoms with E-state index >= 15 is 0 Å². The maximum absolute atomic E-state index is 13.0. The lowest BCUT2D eigenvalue weighted by molar-refractivity contribution is 0.220. The van der Waals surface area contributed by atoms with E-state index in [1.165, 1.54) is 42.5 Å². The van der Waals surface area contributed by atoms with E-state index in [4.69, 9.17) is 11.6 Å². The van der Waals surface area contributed by atoms with Gasteiger partial charge < -0.3 is 5.11 Å². The first-order valence-electron chi connectivity index (χ1n) is 4.96. The van der Waals surface area contributed by atoms with E-state index in [2.05, 4.69) is 0 Å². The third-order valence-corrected chi connectivity index (χ3v) is 2.73. The van der Waals surface area contributed by atoms with Crippen LogP contribution in [0.5, 0.6) is 0 Å². The molecule has 2 rings (SSSR count). The molecule has 1 N–H and O–H groups in total. The third kappa shape index (κ3) is 2.62. The van der Waals surface area contributed by atoms with E-state index in [0.29, 0.717) is 11.1 Å². The second-order valence-corrected chi connectivity index (χ2v) is 4.03. The normalized spacial score (nSPS) is 12.5. The molecule has 0 bridgehead atoms. The molecule has 0 aromatic heterocycles. The molecule has 0 amide bonds. The summed E-state index contributed by atoms with van der Waals surface area (Å²) in [6.45, 7) is 0. The first kappa shape index (κ1) is 12.0. The molecule has 0 saturated carbocycles. The maximum atomic E-state index is 13.0. The lowest BCUT2D eigenvalue weighted by atomic mass is 10.0. The van der Waals surface area contributed by atoms with Gasteiger partial charge >= 0.3 is 0 Å². The summed E-state index contributed by atoms with van der Waals surface area (Å²) in [5, 5.41) is 9.94. The number of rotatable bonds is 2. The average Bonchev–Trinajstić information content (AvgIpc) is 2.33. The fourth-order valence-electron chi connectivity index (χ4n) is 1.52. The van der Waals surface area contributed by atoms with Gasteiger partial charge in [0, 0.05) is 0 Å². The highest BCUT2D eigenvalue weighted by molar-refractivity contribution is 6.30. The SMILES string of the molecule is O[C@H](c1ccc(F)cc1)c1ccc(F)c(Cl)c1. The van der Waals surface area contributed by atoms with E-state index in [9.17, 15) is 13.9 Å². The molecular formula is C13H9ClF2O. The molecule has 88 valence electrons. The van der Waals surface area contributed by atoms with Gasteiger partial charge in [-0.3, -0.25) is 0 Å². The van der Waals surface area contributed by atoms with Gasteiger partial charge in [-0.1, -0.05) is 29.8 Å². The molecule has 0 fully saturated rings. The van der Waals surface area contributed by atoms with Crippen molar-refractivity contribution in [3.63, 3.8) is 0 Å². The summed E-state index contributed by atoms with van der Waals surface area (Å²) < 4.78 is 25.7. The van der Waals surface area contributed by atoms with E-state index in [1.807, 2.05) is 0 Å². The van der Waals surface area contributed by atoms with Crippen molar-refractivity contribution in [1.82, 2.24) is 0 Å². The Labute approximate surface area is 102 Å². The Hall–Kier alpha value is -1.45. The number of hydrogen-bond acceptors (Lipinski definition) is 1. The van der Waals surface area contributed by atoms with Crippen LogP contribution in [0.3, 0.4) is 0 Å². The third-order valence-electron chi connectivity index (χ3n) is 2.45. The van der Waals surface area contributed by atoms with Crippen LogP contribution < -0.4 is 0 Å². The zero-order chi connectivity index (χ0) is 12.4. The summed E-state index contributed by atoms with van der Waals surface area (Å²) in [5.41, 5.74) is 0.983. The zero-order valence-corrected chi connectivity index (χ0v) is 9.46. The molecule has 2 aromatic rings. The monoisotopic (exact) mass is 254 g/mol. The standard InChI is InChI=1S/C13H9ClF2O/c14-11-7-9(3-6-12(11)16)13(17)8-1-4-10(15)5-2-8/h1-7,13,17H/t13-/m1/s1. The number of benzene rings is 2. The van der Waals surface area contributed by atoms with Crippen molar-refractivity contribution in [3.8, 4) is 0 Å². The predicted molar refractivity (Wildman–Crippen MR) is 61.9 cm³/mol. The fourth-order valence-corrected chi connectivity index (χ4v) is 1.71. The van der Waals surface area contributed by atoms with Gasteiger partial charge in [0.05, 0.1) is 5.02 Å². The number of aliphatic hydroxyl groups is 1. The first-order chi connectivity index (χ1) is 8.08. The second kappa shape index (κ2) is 4.82. The summed E-state index contributed by atoms with van der Waals surface area (Å²) in [6, 6.07) is 9.42. The molecule has 1 nitrogen and oxygen atoms in total. The highest BCUT2D eigenvalue weighted by Gasteiger charge is 2.12. The minimum Gasteiger partial charge on any atom is -0.384 e. The largest absolute Gasteiger partial charge is 0.384 e. The Balaban J connectivity index is 2.33. The van der Waals surface area contributed by atoms with Crippen molar-refractivity contribution >= 4 is 11.6 Å². The molecule has 0 aliphatic rings. The van der Waals surface area contributed by atoms with Crippen molar-refractivity contribution in [3.05, 3.63) is 70.2 Å². The summed E-state index contributed by atoms with van der Waals surface area (Å²) in [7, 11) is 0. The predicted octanol–water partition coefficient (Wildman–Crippen LogP) is 3.70. The molecule has 1 atom stereocenters. The smallest absolute Gasteiger partial charge is 0.141 e. The van der Waals surface area contributed by atoms with Crippen molar-refractivity contribution < 1.29 is 13.9 Å². The lowest BCUT2D eigenvalue weighted by Gasteiger charge is -2.11. The van der Waals surface area contributed by atoms with Crippen LogP contribution in [0.25, 0.3) is 0 Å². The Morgan fingerprint density at radius 1 is 0.941 bits per heavy atom. The van der Waals surface area contributed by atoms with Gasteiger partial charge in [0.25, 0.3) is 0 Å². The van der Waals surface area contributed by atoms with Crippen molar-refractivity contribution in [1.29, 1.82) is 0 Å². The van der Waals surface area contributed by atoms with Crippen LogP contribution in [0, 0.1) is 11.6 Å². The van der Waals surface area contributed by atoms with Gasteiger partial charge in [0.1, 0.15) is 17.7 Å². The molecule has 0 heterocycles. The molecule has 0 aliphatic heterocycles. The summed E-state index contributed by atoms with van der Waals surface area (Å²) >= 11 is 5.62. The molecule has 4 heteroatoms. The average molecular weight is 255 g/mol. The van der Waals surface area contributed by atoms with Crippen LogP contribution in [0.1, 0.15) is 17.2 Å². The fraction of sp³-hybridized carbons (Fsp3) is 0.0769. The van der Waals surface area contributed by atoms with Crippen molar-refractivity contribution in [2.45, 2.75) is 6.10 Å². The van der Waals surface area contributed by atoms with Crippen LogP contribution >= 0.6 is 11.6 Å². The van der Waals surface area contributed by atoms with Crippen LogP contribution in [-0.4, -0.2) is 5.11 Å². The van der Waals surface area contributed by atoms with Crippen LogP contribution in [-0.2, 0) is 0 Å². The number of aliphatic hydroxyl groups excluding tert-OH is 1.